The maximum absolute atomic E-state index is 11.7. The SMILES string of the molecule is C=C1CC2OC(=O)C(C)C2CC2C1C(O)CC2(C)O. The van der Waals surface area contributed by atoms with E-state index in [1.165, 1.54) is 0 Å². The van der Waals surface area contributed by atoms with Gasteiger partial charge in [0.1, 0.15) is 6.10 Å². The topological polar surface area (TPSA) is 66.8 Å². The molecule has 7 atom stereocenters. The summed E-state index contributed by atoms with van der Waals surface area (Å²) in [6.45, 7) is 7.77. The second-order valence-electron chi connectivity index (χ2n) is 6.79. The van der Waals surface area contributed by atoms with E-state index in [9.17, 15) is 15.0 Å². The maximum atomic E-state index is 11.7. The molecule has 1 heterocycles. The Hall–Kier alpha value is -0.870. The van der Waals surface area contributed by atoms with Crippen LogP contribution in [0, 0.1) is 23.7 Å². The molecule has 1 saturated heterocycles. The maximum Gasteiger partial charge on any atom is 0.309 e. The van der Waals surface area contributed by atoms with Crippen LogP contribution < -0.4 is 0 Å². The zero-order valence-electron chi connectivity index (χ0n) is 11.5. The molecule has 4 heteroatoms. The number of fused-ring (bicyclic) bond motifs is 2. The monoisotopic (exact) mass is 266 g/mol. The number of carbonyl (C=O) groups excluding carboxylic acids is 1. The van der Waals surface area contributed by atoms with Crippen LogP contribution in [-0.4, -0.2) is 34.0 Å². The van der Waals surface area contributed by atoms with E-state index in [1.54, 1.807) is 6.92 Å². The third-order valence-electron chi connectivity index (χ3n) is 5.49. The van der Waals surface area contributed by atoms with E-state index >= 15 is 0 Å². The fourth-order valence-electron chi connectivity index (χ4n) is 4.39. The first-order valence-corrected chi connectivity index (χ1v) is 7.10. The number of rotatable bonds is 0. The van der Waals surface area contributed by atoms with Crippen LogP contribution in [0.2, 0.25) is 0 Å². The Morgan fingerprint density at radius 2 is 2.16 bits per heavy atom. The summed E-state index contributed by atoms with van der Waals surface area (Å²) in [4.78, 5) is 11.7. The van der Waals surface area contributed by atoms with Gasteiger partial charge in [-0.15, -0.1) is 0 Å². The molecule has 106 valence electrons. The second-order valence-corrected chi connectivity index (χ2v) is 6.79. The molecule has 0 spiro atoms. The lowest BCUT2D eigenvalue weighted by molar-refractivity contribution is -0.143. The summed E-state index contributed by atoms with van der Waals surface area (Å²) in [7, 11) is 0. The van der Waals surface area contributed by atoms with Gasteiger partial charge in [-0.3, -0.25) is 4.79 Å². The first kappa shape index (κ1) is 13.1. The van der Waals surface area contributed by atoms with Gasteiger partial charge in [-0.25, -0.2) is 0 Å². The molecule has 3 aliphatic rings. The average Bonchev–Trinajstić information content (AvgIpc) is 2.61. The summed E-state index contributed by atoms with van der Waals surface area (Å²) < 4.78 is 5.43. The number of hydrogen-bond acceptors (Lipinski definition) is 4. The second kappa shape index (κ2) is 4.06. The van der Waals surface area contributed by atoms with Gasteiger partial charge in [0.05, 0.1) is 17.6 Å². The molecule has 0 aromatic heterocycles. The summed E-state index contributed by atoms with van der Waals surface area (Å²) in [5.74, 6) is -0.214. The van der Waals surface area contributed by atoms with E-state index in [0.29, 0.717) is 12.8 Å². The van der Waals surface area contributed by atoms with Crippen LogP contribution in [0.3, 0.4) is 0 Å². The van der Waals surface area contributed by atoms with Crippen molar-refractivity contribution in [3.63, 3.8) is 0 Å². The van der Waals surface area contributed by atoms with Crippen LogP contribution in [0.5, 0.6) is 0 Å². The zero-order chi connectivity index (χ0) is 13.9. The summed E-state index contributed by atoms with van der Waals surface area (Å²) in [6, 6.07) is 0. The van der Waals surface area contributed by atoms with Crippen molar-refractivity contribution in [2.24, 2.45) is 23.7 Å². The van der Waals surface area contributed by atoms with E-state index in [2.05, 4.69) is 6.58 Å². The normalized spacial score (nSPS) is 53.5. The van der Waals surface area contributed by atoms with Gasteiger partial charge in [-0.05, 0) is 19.3 Å². The Bertz CT molecular complexity index is 428. The lowest BCUT2D eigenvalue weighted by atomic mass is 9.77. The van der Waals surface area contributed by atoms with Crippen LogP contribution in [0.25, 0.3) is 0 Å². The highest BCUT2D eigenvalue weighted by molar-refractivity contribution is 5.75. The standard InChI is InChI=1S/C15H22O4/c1-7-4-12-9(8(2)14(17)19-12)5-10-13(7)11(16)6-15(10,3)18/h8-13,16,18H,1,4-6H2,2-3H3. The van der Waals surface area contributed by atoms with Crippen molar-refractivity contribution < 1.29 is 19.7 Å². The van der Waals surface area contributed by atoms with E-state index in [0.717, 1.165) is 12.0 Å². The number of esters is 1. The lowest BCUT2D eigenvalue weighted by Gasteiger charge is -2.30. The van der Waals surface area contributed by atoms with Crippen molar-refractivity contribution in [2.45, 2.75) is 50.9 Å². The molecular formula is C15H22O4. The predicted molar refractivity (Wildman–Crippen MR) is 69.1 cm³/mol. The lowest BCUT2D eigenvalue weighted by Crippen LogP contribution is -2.34. The van der Waals surface area contributed by atoms with Crippen LogP contribution in [0.15, 0.2) is 12.2 Å². The summed E-state index contributed by atoms with van der Waals surface area (Å²) in [6.07, 6.45) is 1.09. The van der Waals surface area contributed by atoms with Gasteiger partial charge in [0.2, 0.25) is 0 Å². The van der Waals surface area contributed by atoms with Gasteiger partial charge in [0.15, 0.2) is 0 Å². The Morgan fingerprint density at radius 1 is 1.47 bits per heavy atom. The van der Waals surface area contributed by atoms with E-state index in [-0.39, 0.29) is 35.7 Å². The number of hydrogen-bond donors (Lipinski definition) is 2. The van der Waals surface area contributed by atoms with Crippen molar-refractivity contribution in [3.05, 3.63) is 12.2 Å². The highest BCUT2D eigenvalue weighted by Gasteiger charge is 2.56. The molecule has 19 heavy (non-hydrogen) atoms. The largest absolute Gasteiger partial charge is 0.461 e. The summed E-state index contributed by atoms with van der Waals surface area (Å²) in [5.41, 5.74) is 0.0393. The van der Waals surface area contributed by atoms with Crippen molar-refractivity contribution in [3.8, 4) is 0 Å². The van der Waals surface area contributed by atoms with E-state index < -0.39 is 11.7 Å². The van der Waals surface area contributed by atoms with Gasteiger partial charge >= 0.3 is 5.97 Å². The Morgan fingerprint density at radius 3 is 2.84 bits per heavy atom. The Labute approximate surface area is 113 Å². The molecule has 2 saturated carbocycles. The molecule has 0 aromatic rings. The highest BCUT2D eigenvalue weighted by atomic mass is 16.6. The van der Waals surface area contributed by atoms with Crippen LogP contribution in [-0.2, 0) is 9.53 Å². The molecule has 1 aliphatic heterocycles. The minimum absolute atomic E-state index is 0.0260. The van der Waals surface area contributed by atoms with Gasteiger partial charge in [-0.1, -0.05) is 19.1 Å². The molecule has 2 aliphatic carbocycles. The fraction of sp³-hybridized carbons (Fsp3) is 0.800. The zero-order valence-corrected chi connectivity index (χ0v) is 11.5. The Balaban J connectivity index is 1.95. The van der Waals surface area contributed by atoms with Crippen LogP contribution in [0.1, 0.15) is 33.1 Å². The molecule has 7 unspecified atom stereocenters. The minimum atomic E-state index is -0.882. The van der Waals surface area contributed by atoms with Gasteiger partial charge in [0, 0.05) is 24.7 Å². The number of ether oxygens (including phenoxy) is 1. The van der Waals surface area contributed by atoms with Crippen molar-refractivity contribution >= 4 is 5.97 Å². The third kappa shape index (κ3) is 1.84. The van der Waals surface area contributed by atoms with E-state index in [4.69, 9.17) is 4.74 Å². The number of carbonyl (C=O) groups is 1. The quantitative estimate of drug-likeness (QED) is 0.512. The van der Waals surface area contributed by atoms with Crippen LogP contribution >= 0.6 is 0 Å². The summed E-state index contributed by atoms with van der Waals surface area (Å²) >= 11 is 0. The van der Waals surface area contributed by atoms with Gasteiger partial charge in [-0.2, -0.15) is 0 Å². The molecule has 4 nitrogen and oxygen atoms in total. The third-order valence-corrected chi connectivity index (χ3v) is 5.49. The molecule has 3 fully saturated rings. The minimum Gasteiger partial charge on any atom is -0.461 e. The molecule has 0 amide bonds. The predicted octanol–water partition coefficient (Wildman–Crippen LogP) is 1.26. The molecule has 3 rings (SSSR count). The van der Waals surface area contributed by atoms with Crippen molar-refractivity contribution in [2.75, 3.05) is 0 Å². The number of aliphatic hydroxyl groups is 2. The average molecular weight is 266 g/mol. The first-order valence-electron chi connectivity index (χ1n) is 7.10. The Kier molecular flexibility index (Phi) is 2.81. The number of aliphatic hydroxyl groups excluding tert-OH is 1. The van der Waals surface area contributed by atoms with Crippen LogP contribution in [0.4, 0.5) is 0 Å². The molecule has 0 aromatic carbocycles. The van der Waals surface area contributed by atoms with Crippen molar-refractivity contribution in [1.82, 2.24) is 0 Å². The first-order chi connectivity index (χ1) is 8.81. The molecular weight excluding hydrogens is 244 g/mol. The van der Waals surface area contributed by atoms with Gasteiger partial charge in [0.25, 0.3) is 0 Å². The molecule has 0 bridgehead atoms. The summed E-state index contributed by atoms with van der Waals surface area (Å²) in [5, 5.41) is 20.8. The molecule has 2 N–H and O–H groups in total. The van der Waals surface area contributed by atoms with Gasteiger partial charge < -0.3 is 14.9 Å². The molecule has 0 radical (unpaired) electrons. The smallest absolute Gasteiger partial charge is 0.309 e. The highest BCUT2D eigenvalue weighted by Crippen LogP contribution is 2.53. The van der Waals surface area contributed by atoms with E-state index in [1.807, 2.05) is 6.92 Å². The fourth-order valence-corrected chi connectivity index (χ4v) is 4.39. The van der Waals surface area contributed by atoms with Crippen molar-refractivity contribution in [1.29, 1.82) is 0 Å².